The zero-order valence-electron chi connectivity index (χ0n) is 8.98. The maximum atomic E-state index is 11.5. The average Bonchev–Trinajstić information content (AvgIpc) is 2.58. The van der Waals surface area contributed by atoms with Crippen LogP contribution in [0.2, 0.25) is 0 Å². The topological polar surface area (TPSA) is 69.7 Å². The molecule has 0 N–H and O–H groups in total. The van der Waals surface area contributed by atoms with E-state index in [1.165, 1.54) is 6.07 Å². The molecule has 1 heterocycles. The molecule has 0 atom stereocenters. The first-order chi connectivity index (χ1) is 8.04. The van der Waals surface area contributed by atoms with E-state index in [0.29, 0.717) is 5.56 Å². The maximum Gasteiger partial charge on any atom is 0.350 e. The van der Waals surface area contributed by atoms with Gasteiger partial charge in [-0.15, -0.1) is 0 Å². The molecule has 1 aromatic rings. The molecule has 5 heteroatoms. The molecule has 86 valence electrons. The third-order valence-corrected chi connectivity index (χ3v) is 2.33. The Balaban J connectivity index is 2.59. The van der Waals surface area contributed by atoms with E-state index in [4.69, 9.17) is 4.74 Å². The number of esters is 3. The van der Waals surface area contributed by atoms with E-state index < -0.39 is 17.9 Å². The van der Waals surface area contributed by atoms with Crippen LogP contribution in [0, 0.1) is 6.92 Å². The summed E-state index contributed by atoms with van der Waals surface area (Å²) in [6.07, 6.45) is 0.973. The summed E-state index contributed by atoms with van der Waals surface area (Å²) in [7, 11) is 0. The minimum absolute atomic E-state index is 0.00907. The number of carbonyl (C=O) groups excluding carboxylic acids is 3. The zero-order chi connectivity index (χ0) is 12.6. The van der Waals surface area contributed by atoms with Crippen LogP contribution in [-0.4, -0.2) is 17.9 Å². The predicted molar refractivity (Wildman–Crippen MR) is 56.8 cm³/mol. The summed E-state index contributed by atoms with van der Waals surface area (Å²) < 4.78 is 9.39. The van der Waals surface area contributed by atoms with Gasteiger partial charge in [0, 0.05) is 6.08 Å². The van der Waals surface area contributed by atoms with Crippen molar-refractivity contribution < 1.29 is 23.9 Å². The third kappa shape index (κ3) is 1.71. The van der Waals surface area contributed by atoms with Gasteiger partial charge >= 0.3 is 17.9 Å². The molecule has 1 aromatic carbocycles. The second kappa shape index (κ2) is 3.86. The Hall–Kier alpha value is -2.43. The Morgan fingerprint density at radius 3 is 2.71 bits per heavy atom. The van der Waals surface area contributed by atoms with Crippen LogP contribution in [0.3, 0.4) is 0 Å². The fourth-order valence-corrected chi connectivity index (χ4v) is 1.52. The lowest BCUT2D eigenvalue weighted by Crippen LogP contribution is -2.08. The van der Waals surface area contributed by atoms with Crippen molar-refractivity contribution in [2.24, 2.45) is 0 Å². The minimum atomic E-state index is -0.805. The van der Waals surface area contributed by atoms with Gasteiger partial charge in [-0.05, 0) is 18.6 Å². The van der Waals surface area contributed by atoms with Crippen LogP contribution in [0.4, 0.5) is 0 Å². The Bertz CT molecular complexity index is 556. The van der Waals surface area contributed by atoms with Crippen LogP contribution in [-0.2, 0) is 9.53 Å². The van der Waals surface area contributed by atoms with Gasteiger partial charge in [-0.25, -0.2) is 14.4 Å². The van der Waals surface area contributed by atoms with Gasteiger partial charge in [-0.3, -0.25) is 0 Å². The van der Waals surface area contributed by atoms with Crippen LogP contribution in [0.1, 0.15) is 26.3 Å². The fraction of sp³-hybridized carbons (Fsp3) is 0.0833. The molecule has 0 aromatic heterocycles. The van der Waals surface area contributed by atoms with Crippen LogP contribution < -0.4 is 4.74 Å². The molecule has 1 aliphatic heterocycles. The van der Waals surface area contributed by atoms with Gasteiger partial charge in [-0.2, -0.15) is 0 Å². The van der Waals surface area contributed by atoms with Gasteiger partial charge in [0.15, 0.2) is 0 Å². The molecule has 5 nitrogen and oxygen atoms in total. The Morgan fingerprint density at radius 1 is 1.35 bits per heavy atom. The molecular weight excluding hydrogens is 224 g/mol. The largest absolute Gasteiger partial charge is 0.422 e. The number of benzene rings is 1. The lowest BCUT2D eigenvalue weighted by Gasteiger charge is -2.07. The normalized spacial score (nSPS) is 13.0. The van der Waals surface area contributed by atoms with E-state index in [2.05, 4.69) is 11.3 Å². The summed E-state index contributed by atoms with van der Waals surface area (Å²) in [5, 5.41) is 0. The van der Waals surface area contributed by atoms with E-state index >= 15 is 0 Å². The molecule has 0 amide bonds. The van der Waals surface area contributed by atoms with Crippen molar-refractivity contribution >= 4 is 17.9 Å². The third-order valence-electron chi connectivity index (χ3n) is 2.33. The number of hydrogen-bond donors (Lipinski definition) is 0. The number of cyclic esters (lactones) is 2. The Kier molecular flexibility index (Phi) is 2.51. The predicted octanol–water partition coefficient (Wildman–Crippen LogP) is 1.40. The summed E-state index contributed by atoms with van der Waals surface area (Å²) >= 11 is 0. The summed E-state index contributed by atoms with van der Waals surface area (Å²) in [4.78, 5) is 33.9. The molecule has 0 saturated carbocycles. The number of carbonyl (C=O) groups is 3. The molecule has 17 heavy (non-hydrogen) atoms. The van der Waals surface area contributed by atoms with Crippen molar-refractivity contribution in [1.29, 1.82) is 0 Å². The molecule has 0 spiro atoms. The lowest BCUT2D eigenvalue weighted by atomic mass is 10.0. The van der Waals surface area contributed by atoms with Crippen molar-refractivity contribution in [2.75, 3.05) is 0 Å². The molecule has 2 rings (SSSR count). The van der Waals surface area contributed by atoms with Gasteiger partial charge in [0.2, 0.25) is 0 Å². The number of aryl methyl sites for hydroxylation is 1. The number of fused-ring (bicyclic) bond motifs is 1. The first-order valence-electron chi connectivity index (χ1n) is 4.79. The highest BCUT2D eigenvalue weighted by Crippen LogP contribution is 2.32. The summed E-state index contributed by atoms with van der Waals surface area (Å²) in [6.45, 7) is 4.91. The van der Waals surface area contributed by atoms with Crippen molar-refractivity contribution in [2.45, 2.75) is 6.92 Å². The Morgan fingerprint density at radius 2 is 2.06 bits per heavy atom. The number of ether oxygens (including phenoxy) is 2. The highest BCUT2D eigenvalue weighted by Gasteiger charge is 2.34. The Labute approximate surface area is 96.6 Å². The van der Waals surface area contributed by atoms with E-state index in [1.54, 1.807) is 13.0 Å². The van der Waals surface area contributed by atoms with Crippen LogP contribution in [0.25, 0.3) is 0 Å². The average molecular weight is 232 g/mol. The van der Waals surface area contributed by atoms with Gasteiger partial charge in [0.05, 0.1) is 5.56 Å². The summed E-state index contributed by atoms with van der Waals surface area (Å²) in [5.41, 5.74) is 0.656. The maximum absolute atomic E-state index is 11.5. The molecule has 0 aliphatic carbocycles. The van der Waals surface area contributed by atoms with Gasteiger partial charge in [-0.1, -0.05) is 12.6 Å². The number of rotatable bonds is 2. The molecule has 0 saturated heterocycles. The van der Waals surface area contributed by atoms with Crippen LogP contribution in [0.5, 0.6) is 5.75 Å². The van der Waals surface area contributed by atoms with Crippen molar-refractivity contribution in [1.82, 2.24) is 0 Å². The first kappa shape index (κ1) is 11.1. The minimum Gasteiger partial charge on any atom is -0.422 e. The van der Waals surface area contributed by atoms with Gasteiger partial charge in [0.1, 0.15) is 11.3 Å². The highest BCUT2D eigenvalue weighted by molar-refractivity contribution is 6.16. The van der Waals surface area contributed by atoms with E-state index in [1.807, 2.05) is 0 Å². The SMILES string of the molecule is C=CC(=O)Oc1c(C)ccc2c1C(=O)OC2=O. The smallest absolute Gasteiger partial charge is 0.350 e. The quantitative estimate of drug-likeness (QED) is 0.333. The zero-order valence-corrected chi connectivity index (χ0v) is 8.98. The van der Waals surface area contributed by atoms with E-state index in [-0.39, 0.29) is 16.9 Å². The van der Waals surface area contributed by atoms with E-state index in [9.17, 15) is 14.4 Å². The first-order valence-corrected chi connectivity index (χ1v) is 4.79. The molecule has 0 fully saturated rings. The number of hydrogen-bond acceptors (Lipinski definition) is 5. The standard InChI is InChI=1S/C12H8O5/c1-3-8(13)16-10-6(2)4-5-7-9(10)12(15)17-11(7)14/h3-5H,1H2,2H3. The van der Waals surface area contributed by atoms with Crippen LogP contribution >= 0.6 is 0 Å². The van der Waals surface area contributed by atoms with Gasteiger partial charge in [0.25, 0.3) is 0 Å². The second-order valence-electron chi connectivity index (χ2n) is 3.44. The molecule has 0 unspecified atom stereocenters. The summed E-state index contributed by atoms with van der Waals surface area (Å²) in [5.74, 6) is -2.20. The molecule has 0 bridgehead atoms. The lowest BCUT2D eigenvalue weighted by molar-refractivity contribution is -0.129. The molecule has 0 radical (unpaired) electrons. The van der Waals surface area contributed by atoms with E-state index in [0.717, 1.165) is 6.08 Å². The molecular formula is C12H8O5. The summed E-state index contributed by atoms with van der Waals surface area (Å²) in [6, 6.07) is 3.04. The highest BCUT2D eigenvalue weighted by atomic mass is 16.6. The fourth-order valence-electron chi connectivity index (χ4n) is 1.52. The van der Waals surface area contributed by atoms with Gasteiger partial charge < -0.3 is 9.47 Å². The monoisotopic (exact) mass is 232 g/mol. The van der Waals surface area contributed by atoms with Crippen molar-refractivity contribution in [3.05, 3.63) is 41.5 Å². The van der Waals surface area contributed by atoms with Crippen molar-refractivity contribution in [3.8, 4) is 5.75 Å². The van der Waals surface area contributed by atoms with Crippen molar-refractivity contribution in [3.63, 3.8) is 0 Å². The molecule has 1 aliphatic rings. The second-order valence-corrected chi connectivity index (χ2v) is 3.44. The van der Waals surface area contributed by atoms with Crippen LogP contribution in [0.15, 0.2) is 24.8 Å².